The van der Waals surface area contributed by atoms with E-state index in [0.717, 1.165) is 10.9 Å². The van der Waals surface area contributed by atoms with Crippen molar-refractivity contribution in [2.75, 3.05) is 5.75 Å². The van der Waals surface area contributed by atoms with Gasteiger partial charge in [0.25, 0.3) is 5.89 Å². The fourth-order valence-electron chi connectivity index (χ4n) is 2.91. The molecule has 0 saturated carbocycles. The van der Waals surface area contributed by atoms with Crippen molar-refractivity contribution in [3.05, 3.63) is 60.7 Å². The molecule has 4 rings (SSSR count). The second-order valence-corrected chi connectivity index (χ2v) is 8.19. The Hall–Kier alpha value is -3.06. The molecule has 0 bridgehead atoms. The van der Waals surface area contributed by atoms with Crippen LogP contribution in [-0.4, -0.2) is 29.4 Å². The summed E-state index contributed by atoms with van der Waals surface area (Å²) in [4.78, 5) is 4.74. The Morgan fingerprint density at radius 2 is 1.63 bits per heavy atom. The summed E-state index contributed by atoms with van der Waals surface area (Å²) in [6, 6.07) is 18.2. The summed E-state index contributed by atoms with van der Waals surface area (Å²) in [5.41, 5.74) is 1.77. The van der Waals surface area contributed by atoms with Gasteiger partial charge < -0.3 is 4.42 Å². The molecule has 0 radical (unpaired) electrons. The monoisotopic (exact) mass is 379 g/mol. The van der Waals surface area contributed by atoms with Crippen molar-refractivity contribution in [3.63, 3.8) is 0 Å². The molecule has 2 aromatic heterocycles. The molecule has 0 fully saturated rings. The zero-order valence-corrected chi connectivity index (χ0v) is 15.5. The summed E-state index contributed by atoms with van der Waals surface area (Å²) in [5.74, 6) is 0.478. The number of hydrogen-bond acceptors (Lipinski definition) is 6. The summed E-state index contributed by atoms with van der Waals surface area (Å²) >= 11 is 0. The Morgan fingerprint density at radius 3 is 2.48 bits per heavy atom. The van der Waals surface area contributed by atoms with E-state index in [1.165, 1.54) is 0 Å². The molecule has 0 saturated heterocycles. The molecule has 27 heavy (non-hydrogen) atoms. The first-order chi connectivity index (χ1) is 13.1. The van der Waals surface area contributed by atoms with E-state index in [2.05, 4.69) is 15.2 Å². The lowest BCUT2D eigenvalue weighted by Gasteiger charge is -2.06. The third kappa shape index (κ3) is 3.33. The molecule has 0 aliphatic heterocycles. The maximum absolute atomic E-state index is 12.5. The van der Waals surface area contributed by atoms with Gasteiger partial charge in [-0.05, 0) is 30.7 Å². The van der Waals surface area contributed by atoms with Gasteiger partial charge >= 0.3 is 0 Å². The van der Waals surface area contributed by atoms with Gasteiger partial charge in [-0.1, -0.05) is 43.3 Å². The molecule has 2 heterocycles. The maximum Gasteiger partial charge on any atom is 0.266 e. The quantitative estimate of drug-likeness (QED) is 0.518. The van der Waals surface area contributed by atoms with Crippen molar-refractivity contribution >= 4 is 20.7 Å². The third-order valence-corrected chi connectivity index (χ3v) is 6.14. The number of nitrogens with zero attached hydrogens (tertiary/aromatic N) is 3. The van der Waals surface area contributed by atoms with Crippen molar-refractivity contribution in [1.29, 1.82) is 0 Å². The lowest BCUT2D eigenvalue weighted by molar-refractivity contribution is 0.577. The molecular formula is C20H17N3O3S. The average molecular weight is 379 g/mol. The first kappa shape index (κ1) is 17.4. The van der Waals surface area contributed by atoms with Crippen molar-refractivity contribution in [3.8, 4) is 23.0 Å². The Bertz CT molecular complexity index is 1220. The number of fused-ring (bicyclic) bond motifs is 1. The minimum atomic E-state index is -3.42. The molecule has 0 spiro atoms. The zero-order chi connectivity index (χ0) is 18.9. The molecule has 0 aliphatic rings. The highest BCUT2D eigenvalue weighted by atomic mass is 32.2. The molecule has 0 amide bonds. The van der Waals surface area contributed by atoms with Crippen molar-refractivity contribution < 1.29 is 12.8 Å². The van der Waals surface area contributed by atoms with Crippen LogP contribution in [0.15, 0.2) is 70.0 Å². The lowest BCUT2D eigenvalue weighted by Crippen LogP contribution is -2.07. The molecule has 0 aliphatic carbocycles. The van der Waals surface area contributed by atoms with E-state index in [9.17, 15) is 8.42 Å². The van der Waals surface area contributed by atoms with Crippen LogP contribution in [0.5, 0.6) is 0 Å². The first-order valence-electron chi connectivity index (χ1n) is 8.60. The van der Waals surface area contributed by atoms with Gasteiger partial charge in [-0.3, -0.25) is 0 Å². The second-order valence-electron chi connectivity index (χ2n) is 6.12. The first-order valence-corrected chi connectivity index (χ1v) is 10.3. The fourth-order valence-corrected chi connectivity index (χ4v) is 4.45. The standard InChI is InChI=1S/C20H17N3O3S/c1-2-13-27(24,25)18-10-6-4-8-15(18)19-22-23-20(26-19)17-12-11-14-7-3-5-9-16(14)21-17/h3-12H,2,13H2,1H3. The smallest absolute Gasteiger partial charge is 0.266 e. The van der Waals surface area contributed by atoms with E-state index in [4.69, 9.17) is 4.42 Å². The summed E-state index contributed by atoms with van der Waals surface area (Å²) < 4.78 is 30.9. The fraction of sp³-hybridized carbons (Fsp3) is 0.150. The molecule has 7 heteroatoms. The largest absolute Gasteiger partial charge is 0.415 e. The van der Waals surface area contributed by atoms with Crippen LogP contribution in [0.1, 0.15) is 13.3 Å². The highest BCUT2D eigenvalue weighted by molar-refractivity contribution is 7.91. The number of sulfone groups is 1. The van der Waals surface area contributed by atoms with Crippen LogP contribution >= 0.6 is 0 Å². The zero-order valence-electron chi connectivity index (χ0n) is 14.7. The normalized spacial score (nSPS) is 11.7. The predicted molar refractivity (Wildman–Crippen MR) is 103 cm³/mol. The third-order valence-electron chi connectivity index (χ3n) is 4.17. The summed E-state index contributed by atoms with van der Waals surface area (Å²) in [6.07, 6.45) is 0.534. The molecule has 2 aromatic carbocycles. The Labute approximate surface area is 156 Å². The van der Waals surface area contributed by atoms with E-state index in [1.807, 2.05) is 37.3 Å². The van der Waals surface area contributed by atoms with E-state index < -0.39 is 9.84 Å². The SMILES string of the molecule is CCCS(=O)(=O)c1ccccc1-c1nnc(-c2ccc3ccccc3n2)o1. The van der Waals surface area contributed by atoms with Gasteiger partial charge in [-0.15, -0.1) is 10.2 Å². The maximum atomic E-state index is 12.5. The second kappa shape index (κ2) is 6.92. The van der Waals surface area contributed by atoms with Gasteiger partial charge in [-0.2, -0.15) is 0 Å². The van der Waals surface area contributed by atoms with E-state index in [0.29, 0.717) is 17.7 Å². The van der Waals surface area contributed by atoms with Gasteiger partial charge in [0.05, 0.1) is 21.7 Å². The molecule has 4 aromatic rings. The highest BCUT2D eigenvalue weighted by Gasteiger charge is 2.22. The molecule has 0 unspecified atom stereocenters. The van der Waals surface area contributed by atoms with Gasteiger partial charge in [-0.25, -0.2) is 13.4 Å². The number of benzene rings is 2. The van der Waals surface area contributed by atoms with E-state index in [1.54, 1.807) is 30.3 Å². The molecule has 136 valence electrons. The van der Waals surface area contributed by atoms with Crippen molar-refractivity contribution in [2.45, 2.75) is 18.2 Å². The van der Waals surface area contributed by atoms with E-state index >= 15 is 0 Å². The van der Waals surface area contributed by atoms with Crippen LogP contribution in [0.2, 0.25) is 0 Å². The number of hydrogen-bond donors (Lipinski definition) is 0. The van der Waals surface area contributed by atoms with Crippen LogP contribution in [0, 0.1) is 0 Å². The van der Waals surface area contributed by atoms with Crippen molar-refractivity contribution in [2.24, 2.45) is 0 Å². The van der Waals surface area contributed by atoms with Gasteiger partial charge in [0, 0.05) is 5.39 Å². The molecule has 0 N–H and O–H groups in total. The highest BCUT2D eigenvalue weighted by Crippen LogP contribution is 2.29. The Morgan fingerprint density at radius 1 is 0.889 bits per heavy atom. The number of pyridine rings is 1. The molecular weight excluding hydrogens is 362 g/mol. The van der Waals surface area contributed by atoms with Crippen LogP contribution in [-0.2, 0) is 9.84 Å². The van der Waals surface area contributed by atoms with Crippen LogP contribution in [0.4, 0.5) is 0 Å². The van der Waals surface area contributed by atoms with Crippen LogP contribution < -0.4 is 0 Å². The van der Waals surface area contributed by atoms with Gasteiger partial charge in [0.2, 0.25) is 5.89 Å². The van der Waals surface area contributed by atoms with Crippen LogP contribution in [0.25, 0.3) is 33.9 Å². The Balaban J connectivity index is 1.77. The Kier molecular flexibility index (Phi) is 4.45. The van der Waals surface area contributed by atoms with E-state index in [-0.39, 0.29) is 22.4 Å². The van der Waals surface area contributed by atoms with Gasteiger partial charge in [0.15, 0.2) is 9.84 Å². The summed E-state index contributed by atoms with van der Waals surface area (Å²) in [7, 11) is -3.42. The summed E-state index contributed by atoms with van der Waals surface area (Å²) in [5, 5.41) is 9.13. The number of para-hydroxylation sites is 1. The minimum absolute atomic E-state index is 0.0667. The average Bonchev–Trinajstić information content (AvgIpc) is 3.18. The number of rotatable bonds is 5. The van der Waals surface area contributed by atoms with Crippen LogP contribution in [0.3, 0.4) is 0 Å². The van der Waals surface area contributed by atoms with Crippen molar-refractivity contribution in [1.82, 2.24) is 15.2 Å². The predicted octanol–water partition coefficient (Wildman–Crippen LogP) is 4.14. The minimum Gasteiger partial charge on any atom is -0.415 e. The summed E-state index contributed by atoms with van der Waals surface area (Å²) in [6.45, 7) is 1.83. The van der Waals surface area contributed by atoms with Gasteiger partial charge in [0.1, 0.15) is 5.69 Å². The topological polar surface area (TPSA) is 86.0 Å². The molecule has 0 atom stereocenters. The molecule has 6 nitrogen and oxygen atoms in total. The number of aromatic nitrogens is 3. The lowest BCUT2D eigenvalue weighted by atomic mass is 10.2.